The number of aromatic nitrogens is 5. The SMILES string of the molecule is CCCN(CC1CC1)c1nc(C)nc2c1nnn2Cc1ccccc1. The van der Waals surface area contributed by atoms with Crippen molar-refractivity contribution >= 4 is 17.0 Å². The predicted octanol–water partition coefficient (Wildman–Crippen LogP) is 3.20. The Balaban J connectivity index is 1.72. The van der Waals surface area contributed by atoms with Gasteiger partial charge < -0.3 is 4.90 Å². The highest BCUT2D eigenvalue weighted by Crippen LogP contribution is 2.32. The molecule has 0 aliphatic heterocycles. The van der Waals surface area contributed by atoms with E-state index in [1.807, 2.05) is 29.8 Å². The molecule has 2 heterocycles. The van der Waals surface area contributed by atoms with E-state index in [1.165, 1.54) is 18.4 Å². The first-order valence-corrected chi connectivity index (χ1v) is 9.11. The lowest BCUT2D eigenvalue weighted by atomic mass is 10.2. The second-order valence-corrected chi connectivity index (χ2v) is 6.89. The molecule has 1 aliphatic carbocycles. The zero-order valence-electron chi connectivity index (χ0n) is 14.9. The predicted molar refractivity (Wildman–Crippen MR) is 98.6 cm³/mol. The Kier molecular flexibility index (Phi) is 4.34. The van der Waals surface area contributed by atoms with Gasteiger partial charge in [0.1, 0.15) is 5.82 Å². The number of rotatable bonds is 7. The molecule has 25 heavy (non-hydrogen) atoms. The van der Waals surface area contributed by atoms with Crippen molar-refractivity contribution < 1.29 is 0 Å². The number of nitrogens with zero attached hydrogens (tertiary/aromatic N) is 6. The Morgan fingerprint density at radius 1 is 1.16 bits per heavy atom. The number of anilines is 1. The average Bonchev–Trinajstić information content (AvgIpc) is 3.35. The van der Waals surface area contributed by atoms with Gasteiger partial charge in [-0.1, -0.05) is 42.5 Å². The topological polar surface area (TPSA) is 59.7 Å². The van der Waals surface area contributed by atoms with Gasteiger partial charge in [-0.2, -0.15) is 0 Å². The first-order valence-electron chi connectivity index (χ1n) is 9.11. The van der Waals surface area contributed by atoms with Gasteiger partial charge in [0.2, 0.25) is 0 Å². The molecule has 0 radical (unpaired) electrons. The molecule has 130 valence electrons. The fourth-order valence-electron chi connectivity index (χ4n) is 3.20. The largest absolute Gasteiger partial charge is 0.354 e. The third-order valence-corrected chi connectivity index (χ3v) is 4.60. The van der Waals surface area contributed by atoms with Gasteiger partial charge >= 0.3 is 0 Å². The fourth-order valence-corrected chi connectivity index (χ4v) is 3.20. The monoisotopic (exact) mass is 336 g/mol. The molecule has 0 bridgehead atoms. The third kappa shape index (κ3) is 3.48. The van der Waals surface area contributed by atoms with E-state index < -0.39 is 0 Å². The average molecular weight is 336 g/mol. The Bertz CT molecular complexity index is 853. The van der Waals surface area contributed by atoms with Gasteiger partial charge in [-0.15, -0.1) is 5.10 Å². The van der Waals surface area contributed by atoms with E-state index in [2.05, 4.69) is 39.3 Å². The van der Waals surface area contributed by atoms with E-state index in [-0.39, 0.29) is 0 Å². The summed E-state index contributed by atoms with van der Waals surface area (Å²) in [6.07, 6.45) is 3.75. The normalized spacial score (nSPS) is 14.2. The van der Waals surface area contributed by atoms with Gasteiger partial charge in [0.15, 0.2) is 17.0 Å². The maximum Gasteiger partial charge on any atom is 0.184 e. The number of fused-ring (bicyclic) bond motifs is 1. The van der Waals surface area contributed by atoms with Crippen LogP contribution in [0.25, 0.3) is 11.2 Å². The molecule has 1 aliphatic rings. The fraction of sp³-hybridized carbons (Fsp3) is 0.474. The molecule has 0 spiro atoms. The molecule has 0 amide bonds. The lowest BCUT2D eigenvalue weighted by molar-refractivity contribution is 0.663. The summed E-state index contributed by atoms with van der Waals surface area (Å²) < 4.78 is 1.88. The Morgan fingerprint density at radius 3 is 2.68 bits per heavy atom. The summed E-state index contributed by atoms with van der Waals surface area (Å²) in [5, 5.41) is 8.80. The number of hydrogen-bond acceptors (Lipinski definition) is 5. The van der Waals surface area contributed by atoms with E-state index in [1.54, 1.807) is 0 Å². The Morgan fingerprint density at radius 2 is 1.96 bits per heavy atom. The molecule has 6 nitrogen and oxygen atoms in total. The molecular weight excluding hydrogens is 312 g/mol. The molecule has 0 atom stereocenters. The van der Waals surface area contributed by atoms with Gasteiger partial charge in [0.05, 0.1) is 6.54 Å². The van der Waals surface area contributed by atoms with E-state index in [0.29, 0.717) is 6.54 Å². The van der Waals surface area contributed by atoms with Crippen molar-refractivity contribution in [2.45, 2.75) is 39.7 Å². The van der Waals surface area contributed by atoms with Crippen LogP contribution < -0.4 is 4.90 Å². The second-order valence-electron chi connectivity index (χ2n) is 6.89. The lowest BCUT2D eigenvalue weighted by Crippen LogP contribution is -2.28. The lowest BCUT2D eigenvalue weighted by Gasteiger charge is -2.23. The number of aryl methyl sites for hydroxylation is 1. The van der Waals surface area contributed by atoms with Crippen LogP contribution in [0.4, 0.5) is 5.82 Å². The minimum atomic E-state index is 0.670. The van der Waals surface area contributed by atoms with Crippen LogP contribution in [-0.4, -0.2) is 38.1 Å². The zero-order chi connectivity index (χ0) is 17.2. The zero-order valence-corrected chi connectivity index (χ0v) is 14.9. The summed E-state index contributed by atoms with van der Waals surface area (Å²) >= 11 is 0. The van der Waals surface area contributed by atoms with Crippen molar-refractivity contribution in [2.75, 3.05) is 18.0 Å². The van der Waals surface area contributed by atoms with Gasteiger partial charge in [-0.25, -0.2) is 14.6 Å². The maximum atomic E-state index is 4.72. The van der Waals surface area contributed by atoms with E-state index in [4.69, 9.17) is 4.98 Å². The van der Waals surface area contributed by atoms with Gasteiger partial charge in [0, 0.05) is 13.1 Å². The maximum absolute atomic E-state index is 4.72. The molecule has 1 aromatic carbocycles. The van der Waals surface area contributed by atoms with Crippen LogP contribution >= 0.6 is 0 Å². The summed E-state index contributed by atoms with van der Waals surface area (Å²) in [6, 6.07) is 10.3. The van der Waals surface area contributed by atoms with Gasteiger partial charge in [-0.3, -0.25) is 0 Å². The minimum Gasteiger partial charge on any atom is -0.354 e. The smallest absolute Gasteiger partial charge is 0.184 e. The van der Waals surface area contributed by atoms with Gasteiger partial charge in [-0.05, 0) is 37.7 Å². The number of benzene rings is 1. The molecule has 2 aromatic heterocycles. The number of hydrogen-bond donors (Lipinski definition) is 0. The van der Waals surface area contributed by atoms with Gasteiger partial charge in [0.25, 0.3) is 0 Å². The highest BCUT2D eigenvalue weighted by atomic mass is 15.4. The second kappa shape index (κ2) is 6.78. The summed E-state index contributed by atoms with van der Waals surface area (Å²) in [4.78, 5) is 11.7. The van der Waals surface area contributed by atoms with Crippen LogP contribution in [0.2, 0.25) is 0 Å². The molecule has 3 aromatic rings. The van der Waals surface area contributed by atoms with Crippen molar-refractivity contribution in [1.82, 2.24) is 25.0 Å². The van der Waals surface area contributed by atoms with Crippen LogP contribution in [-0.2, 0) is 6.54 Å². The van der Waals surface area contributed by atoms with Crippen molar-refractivity contribution in [3.05, 3.63) is 41.7 Å². The molecule has 1 fully saturated rings. The molecule has 4 rings (SSSR count). The molecule has 6 heteroatoms. The summed E-state index contributed by atoms with van der Waals surface area (Å²) in [5.41, 5.74) is 2.83. The summed E-state index contributed by atoms with van der Waals surface area (Å²) in [5.74, 6) is 2.52. The van der Waals surface area contributed by atoms with Crippen LogP contribution in [0.1, 0.15) is 37.6 Å². The Hall–Kier alpha value is -2.50. The first kappa shape index (κ1) is 16.0. The molecule has 0 saturated heterocycles. The first-order chi connectivity index (χ1) is 12.2. The minimum absolute atomic E-state index is 0.670. The van der Waals surface area contributed by atoms with Crippen LogP contribution in [0.15, 0.2) is 30.3 Å². The van der Waals surface area contributed by atoms with Crippen molar-refractivity contribution in [3.63, 3.8) is 0 Å². The van der Waals surface area contributed by atoms with E-state index in [0.717, 1.165) is 48.2 Å². The highest BCUT2D eigenvalue weighted by molar-refractivity contribution is 5.83. The highest BCUT2D eigenvalue weighted by Gasteiger charge is 2.27. The molecule has 0 N–H and O–H groups in total. The quantitative estimate of drug-likeness (QED) is 0.663. The van der Waals surface area contributed by atoms with Crippen LogP contribution in [0, 0.1) is 12.8 Å². The summed E-state index contributed by atoms with van der Waals surface area (Å²) in [6.45, 7) is 6.88. The Labute approximate surface area is 147 Å². The van der Waals surface area contributed by atoms with Crippen molar-refractivity contribution in [1.29, 1.82) is 0 Å². The van der Waals surface area contributed by atoms with Crippen LogP contribution in [0.5, 0.6) is 0 Å². The van der Waals surface area contributed by atoms with E-state index in [9.17, 15) is 0 Å². The molecular formula is C19H24N6. The van der Waals surface area contributed by atoms with Crippen molar-refractivity contribution in [2.24, 2.45) is 5.92 Å². The third-order valence-electron chi connectivity index (χ3n) is 4.60. The van der Waals surface area contributed by atoms with Crippen molar-refractivity contribution in [3.8, 4) is 0 Å². The molecule has 1 saturated carbocycles. The van der Waals surface area contributed by atoms with Crippen LogP contribution in [0.3, 0.4) is 0 Å². The molecule has 0 unspecified atom stereocenters. The summed E-state index contributed by atoms with van der Waals surface area (Å²) in [7, 11) is 0. The van der Waals surface area contributed by atoms with E-state index >= 15 is 0 Å². The standard InChI is InChI=1S/C19H24N6/c1-3-11-24(12-16-9-10-16)18-17-19(21-14(2)20-18)25(23-22-17)13-15-7-5-4-6-8-15/h4-8,16H,3,9-13H2,1-2H3.